The van der Waals surface area contributed by atoms with Crippen molar-refractivity contribution in [3.05, 3.63) is 76.9 Å². The first-order valence-corrected chi connectivity index (χ1v) is 10.9. The van der Waals surface area contributed by atoms with Crippen molar-refractivity contribution >= 4 is 17.3 Å². The lowest BCUT2D eigenvalue weighted by molar-refractivity contribution is 0.102. The molecule has 3 aromatic carbocycles. The lowest BCUT2D eigenvalue weighted by atomic mass is 9.97. The highest BCUT2D eigenvalue weighted by molar-refractivity contribution is 6.09. The van der Waals surface area contributed by atoms with Crippen LogP contribution in [0.2, 0.25) is 0 Å². The van der Waals surface area contributed by atoms with Crippen molar-refractivity contribution < 1.29 is 9.53 Å². The second-order valence-electron chi connectivity index (χ2n) is 8.28. The summed E-state index contributed by atoms with van der Waals surface area (Å²) in [4.78, 5) is 15.9. The van der Waals surface area contributed by atoms with Gasteiger partial charge in [-0.2, -0.15) is 0 Å². The van der Waals surface area contributed by atoms with Gasteiger partial charge in [0.15, 0.2) is 0 Å². The van der Waals surface area contributed by atoms with Gasteiger partial charge in [-0.15, -0.1) is 0 Å². The smallest absolute Gasteiger partial charge is 0.256 e. The van der Waals surface area contributed by atoms with Crippen molar-refractivity contribution in [2.75, 3.05) is 30.4 Å². The van der Waals surface area contributed by atoms with Crippen LogP contribution in [0.1, 0.15) is 39.9 Å². The summed E-state index contributed by atoms with van der Waals surface area (Å²) in [6.45, 7) is 8.52. The Morgan fingerprint density at radius 2 is 1.61 bits per heavy atom. The van der Waals surface area contributed by atoms with E-state index in [0.717, 1.165) is 46.8 Å². The standard InChI is InChI=1S/C27H30N2O2/c1-18-17-19(2)26(29-15-7-8-16-29)20(3)25(18)28-27(30)24-10-6-5-9-23(24)21-11-13-22(31-4)14-12-21/h5-6,9-14,17H,7-8,15-16H2,1-4H3,(H,28,30). The highest BCUT2D eigenvalue weighted by atomic mass is 16.5. The minimum absolute atomic E-state index is 0.0890. The summed E-state index contributed by atoms with van der Waals surface area (Å²) in [7, 11) is 1.65. The topological polar surface area (TPSA) is 41.6 Å². The molecule has 31 heavy (non-hydrogen) atoms. The van der Waals surface area contributed by atoms with Crippen molar-refractivity contribution in [3.63, 3.8) is 0 Å². The number of carbonyl (C=O) groups is 1. The summed E-state index contributed by atoms with van der Waals surface area (Å²) in [6, 6.07) is 17.7. The molecular weight excluding hydrogens is 384 g/mol. The largest absolute Gasteiger partial charge is 0.497 e. The second-order valence-corrected chi connectivity index (χ2v) is 8.28. The first kappa shape index (κ1) is 21.0. The number of carbonyl (C=O) groups excluding carboxylic acids is 1. The Morgan fingerprint density at radius 1 is 0.935 bits per heavy atom. The van der Waals surface area contributed by atoms with Crippen molar-refractivity contribution in [2.24, 2.45) is 0 Å². The summed E-state index contributed by atoms with van der Waals surface area (Å²) in [5.41, 5.74) is 8.25. The van der Waals surface area contributed by atoms with Crippen molar-refractivity contribution in [1.82, 2.24) is 0 Å². The zero-order chi connectivity index (χ0) is 22.0. The van der Waals surface area contributed by atoms with Gasteiger partial charge in [-0.25, -0.2) is 0 Å². The molecule has 4 heteroatoms. The SMILES string of the molecule is COc1ccc(-c2ccccc2C(=O)Nc2c(C)cc(C)c(N3CCCC3)c2C)cc1. The molecule has 1 fully saturated rings. The molecule has 0 saturated carbocycles. The van der Waals surface area contributed by atoms with Gasteiger partial charge in [0.25, 0.3) is 5.91 Å². The summed E-state index contributed by atoms with van der Waals surface area (Å²) in [5.74, 6) is 0.708. The molecule has 0 aliphatic carbocycles. The average molecular weight is 415 g/mol. The molecule has 160 valence electrons. The molecule has 1 aliphatic heterocycles. The Labute approximate surface area is 184 Å². The third kappa shape index (κ3) is 4.15. The number of hydrogen-bond donors (Lipinski definition) is 1. The van der Waals surface area contributed by atoms with Gasteiger partial charge in [0.05, 0.1) is 7.11 Å². The van der Waals surface area contributed by atoms with E-state index in [2.05, 4.69) is 37.1 Å². The number of nitrogens with one attached hydrogen (secondary N) is 1. The van der Waals surface area contributed by atoms with Crippen LogP contribution in [0.5, 0.6) is 5.75 Å². The van der Waals surface area contributed by atoms with E-state index in [9.17, 15) is 4.79 Å². The molecule has 1 N–H and O–H groups in total. The van der Waals surface area contributed by atoms with Crippen molar-refractivity contribution in [1.29, 1.82) is 0 Å². The second kappa shape index (κ2) is 8.84. The quantitative estimate of drug-likeness (QED) is 0.545. The summed E-state index contributed by atoms with van der Waals surface area (Å²) in [6.07, 6.45) is 2.45. The summed E-state index contributed by atoms with van der Waals surface area (Å²) >= 11 is 0. The highest BCUT2D eigenvalue weighted by Crippen LogP contribution is 2.36. The Bertz CT molecular complexity index is 1100. The van der Waals surface area contributed by atoms with Gasteiger partial charge in [0, 0.05) is 30.0 Å². The Balaban J connectivity index is 1.69. The maximum atomic E-state index is 13.4. The number of anilines is 2. The van der Waals surface area contributed by atoms with Crippen LogP contribution in [0, 0.1) is 20.8 Å². The maximum Gasteiger partial charge on any atom is 0.256 e. The minimum Gasteiger partial charge on any atom is -0.497 e. The third-order valence-electron chi connectivity index (χ3n) is 6.16. The molecule has 3 aromatic rings. The average Bonchev–Trinajstić information content (AvgIpc) is 3.31. The van der Waals surface area contributed by atoms with E-state index in [4.69, 9.17) is 4.74 Å². The van der Waals surface area contributed by atoms with E-state index in [1.807, 2.05) is 48.5 Å². The van der Waals surface area contributed by atoms with Crippen molar-refractivity contribution in [2.45, 2.75) is 33.6 Å². The predicted molar refractivity (Wildman–Crippen MR) is 128 cm³/mol. The van der Waals surface area contributed by atoms with Gasteiger partial charge >= 0.3 is 0 Å². The molecular formula is C27H30N2O2. The molecule has 0 radical (unpaired) electrons. The number of hydrogen-bond acceptors (Lipinski definition) is 3. The van der Waals surface area contributed by atoms with Gasteiger partial charge < -0.3 is 15.0 Å². The van der Waals surface area contributed by atoms with Crippen LogP contribution in [-0.4, -0.2) is 26.1 Å². The lowest BCUT2D eigenvalue weighted by Gasteiger charge is -2.26. The number of ether oxygens (including phenoxy) is 1. The summed E-state index contributed by atoms with van der Waals surface area (Å²) < 4.78 is 5.27. The molecule has 0 bridgehead atoms. The number of amides is 1. The minimum atomic E-state index is -0.0890. The Morgan fingerprint density at radius 3 is 2.29 bits per heavy atom. The van der Waals surface area contributed by atoms with Crippen LogP contribution < -0.4 is 15.0 Å². The van der Waals surface area contributed by atoms with Crippen LogP contribution in [0.3, 0.4) is 0 Å². The van der Waals surface area contributed by atoms with Gasteiger partial charge in [0.2, 0.25) is 0 Å². The fourth-order valence-electron chi connectivity index (χ4n) is 4.68. The maximum absolute atomic E-state index is 13.4. The van der Waals surface area contributed by atoms with Gasteiger partial charge in [-0.1, -0.05) is 36.4 Å². The monoisotopic (exact) mass is 414 g/mol. The van der Waals surface area contributed by atoms with E-state index in [1.165, 1.54) is 24.1 Å². The van der Waals surface area contributed by atoms with E-state index in [1.54, 1.807) is 7.11 Å². The highest BCUT2D eigenvalue weighted by Gasteiger charge is 2.21. The Kier molecular flexibility index (Phi) is 5.99. The number of benzene rings is 3. The molecule has 0 unspecified atom stereocenters. The van der Waals surface area contributed by atoms with Crippen LogP contribution >= 0.6 is 0 Å². The molecule has 4 nitrogen and oxygen atoms in total. The van der Waals surface area contributed by atoms with E-state index in [-0.39, 0.29) is 5.91 Å². The molecule has 0 atom stereocenters. The van der Waals surface area contributed by atoms with Crippen LogP contribution in [0.25, 0.3) is 11.1 Å². The molecule has 1 saturated heterocycles. The lowest BCUT2D eigenvalue weighted by Crippen LogP contribution is -2.22. The van der Waals surface area contributed by atoms with Crippen LogP contribution in [0.15, 0.2) is 54.6 Å². The molecule has 0 spiro atoms. The normalized spacial score (nSPS) is 13.4. The first-order chi connectivity index (χ1) is 15.0. The third-order valence-corrected chi connectivity index (χ3v) is 6.16. The number of aryl methyl sites for hydroxylation is 2. The van der Waals surface area contributed by atoms with Crippen molar-refractivity contribution in [3.8, 4) is 16.9 Å². The predicted octanol–water partition coefficient (Wildman–Crippen LogP) is 6.14. The van der Waals surface area contributed by atoms with Crippen LogP contribution in [0.4, 0.5) is 11.4 Å². The Hall–Kier alpha value is -3.27. The molecule has 1 heterocycles. The van der Waals surface area contributed by atoms with Gasteiger partial charge in [-0.05, 0) is 79.6 Å². The number of methoxy groups -OCH3 is 1. The first-order valence-electron chi connectivity index (χ1n) is 10.9. The molecule has 4 rings (SSSR count). The molecule has 1 amide bonds. The van der Waals surface area contributed by atoms with E-state index in [0.29, 0.717) is 5.56 Å². The van der Waals surface area contributed by atoms with Gasteiger partial charge in [0.1, 0.15) is 5.75 Å². The molecule has 1 aliphatic rings. The fourth-order valence-corrected chi connectivity index (χ4v) is 4.68. The number of nitrogens with zero attached hydrogens (tertiary/aromatic N) is 1. The zero-order valence-corrected chi connectivity index (χ0v) is 18.8. The molecule has 0 aromatic heterocycles. The van der Waals surface area contributed by atoms with E-state index >= 15 is 0 Å². The number of rotatable bonds is 5. The summed E-state index contributed by atoms with van der Waals surface area (Å²) in [5, 5.41) is 3.23. The fraction of sp³-hybridized carbons (Fsp3) is 0.296. The van der Waals surface area contributed by atoms with E-state index < -0.39 is 0 Å². The van der Waals surface area contributed by atoms with Crippen LogP contribution in [-0.2, 0) is 0 Å². The zero-order valence-electron chi connectivity index (χ0n) is 18.8. The van der Waals surface area contributed by atoms with Gasteiger partial charge in [-0.3, -0.25) is 4.79 Å².